The number of rotatable bonds is 3. The van der Waals surface area contributed by atoms with Gasteiger partial charge >= 0.3 is 0 Å². The number of nitrogens with zero attached hydrogens (tertiary/aromatic N) is 1. The van der Waals surface area contributed by atoms with Crippen LogP contribution in [0.3, 0.4) is 0 Å². The summed E-state index contributed by atoms with van der Waals surface area (Å²) in [5, 5.41) is 0. The van der Waals surface area contributed by atoms with Crippen molar-refractivity contribution in [2.45, 2.75) is 26.2 Å². The monoisotopic (exact) mass is 291 g/mol. The van der Waals surface area contributed by atoms with Crippen molar-refractivity contribution < 1.29 is 0 Å². The van der Waals surface area contributed by atoms with Gasteiger partial charge in [0.15, 0.2) is 0 Å². The second-order valence-corrected chi connectivity index (χ2v) is 5.81. The average Bonchev–Trinajstić information content (AvgIpc) is 2.52. The zero-order valence-corrected chi connectivity index (χ0v) is 13.4. The fraction of sp³-hybridized carbons (Fsp3) is 0.286. The first-order valence-electron chi connectivity index (χ1n) is 8.00. The first kappa shape index (κ1) is 16.2. The maximum atomic E-state index is 4.59. The van der Waals surface area contributed by atoms with Crippen LogP contribution in [0.25, 0.3) is 0 Å². The van der Waals surface area contributed by atoms with Gasteiger partial charge in [-0.05, 0) is 42.9 Å². The van der Waals surface area contributed by atoms with E-state index in [0.717, 1.165) is 36.2 Å². The Morgan fingerprint density at radius 2 is 1.91 bits per heavy atom. The Balaban J connectivity index is 2.11. The summed E-state index contributed by atoms with van der Waals surface area (Å²) in [4.78, 5) is 4.59. The molecule has 2 rings (SSSR count). The fourth-order valence-corrected chi connectivity index (χ4v) is 2.46. The van der Waals surface area contributed by atoms with Crippen molar-refractivity contribution in [3.8, 4) is 0 Å². The van der Waals surface area contributed by atoms with Crippen LogP contribution in [-0.2, 0) is 0 Å². The van der Waals surface area contributed by atoms with Crippen molar-refractivity contribution in [3.63, 3.8) is 0 Å². The minimum absolute atomic E-state index is 0.425. The molecule has 0 amide bonds. The Bertz CT molecular complexity index is 593. The number of allylic oxidation sites excluding steroid dienone is 11. The van der Waals surface area contributed by atoms with Crippen LogP contribution in [0.2, 0.25) is 0 Å². The molecule has 1 heterocycles. The van der Waals surface area contributed by atoms with Crippen LogP contribution in [0, 0.1) is 11.8 Å². The second-order valence-electron chi connectivity index (χ2n) is 5.81. The number of hydrogen-bond donors (Lipinski definition) is 0. The molecule has 0 bridgehead atoms. The molecule has 2 atom stereocenters. The van der Waals surface area contributed by atoms with Crippen molar-refractivity contribution in [1.82, 2.24) is 0 Å². The number of hydrogen-bond acceptors (Lipinski definition) is 1. The Labute approximate surface area is 134 Å². The third kappa shape index (κ3) is 5.00. The molecule has 0 spiro atoms. The topological polar surface area (TPSA) is 12.4 Å². The molecular formula is C21H25N. The van der Waals surface area contributed by atoms with Gasteiger partial charge in [-0.1, -0.05) is 68.7 Å². The van der Waals surface area contributed by atoms with Gasteiger partial charge in [-0.2, -0.15) is 0 Å². The minimum atomic E-state index is 0.425. The Morgan fingerprint density at radius 3 is 2.68 bits per heavy atom. The van der Waals surface area contributed by atoms with Gasteiger partial charge in [0, 0.05) is 5.92 Å². The third-order valence-electron chi connectivity index (χ3n) is 3.91. The summed E-state index contributed by atoms with van der Waals surface area (Å²) in [5.74, 6) is 0.947. The van der Waals surface area contributed by atoms with Gasteiger partial charge in [-0.25, -0.2) is 4.99 Å². The highest BCUT2D eigenvalue weighted by atomic mass is 14.7. The van der Waals surface area contributed by atoms with Gasteiger partial charge in [0.1, 0.15) is 0 Å². The summed E-state index contributed by atoms with van der Waals surface area (Å²) in [6, 6.07) is 0. The molecule has 2 unspecified atom stereocenters. The fourth-order valence-electron chi connectivity index (χ4n) is 2.46. The lowest BCUT2D eigenvalue weighted by Gasteiger charge is -2.16. The van der Waals surface area contributed by atoms with Gasteiger partial charge in [0.25, 0.3) is 0 Å². The van der Waals surface area contributed by atoms with Gasteiger partial charge < -0.3 is 0 Å². The second kappa shape index (κ2) is 8.33. The zero-order valence-electron chi connectivity index (χ0n) is 13.4. The molecule has 0 radical (unpaired) electrons. The molecule has 22 heavy (non-hydrogen) atoms. The molecule has 0 aromatic rings. The SMILES string of the molecule is C=C1/C=C\CCC/C=C\C(C(=C)/C=C\C2C=CC=CC2C)=N1. The molecule has 0 N–H and O–H groups in total. The zero-order chi connectivity index (χ0) is 15.8. The van der Waals surface area contributed by atoms with Crippen molar-refractivity contribution in [3.05, 3.63) is 85.2 Å². The summed E-state index contributed by atoms with van der Waals surface area (Å²) in [5.41, 5.74) is 2.61. The molecule has 0 fully saturated rings. The van der Waals surface area contributed by atoms with Gasteiger partial charge in [0.2, 0.25) is 0 Å². The average molecular weight is 291 g/mol. The standard InChI is InChI=1S/C21H25N/c1-17-11-9-10-13-20(17)16-15-18(2)21-14-8-6-4-5-7-12-19(3)22-21/h7-17,20H,2-6H2,1H3/b12-7-,14-8-,16-15-,22-21?. The quantitative estimate of drug-likeness (QED) is 0.589. The summed E-state index contributed by atoms with van der Waals surface area (Å²) in [7, 11) is 0. The van der Waals surface area contributed by atoms with Crippen LogP contribution >= 0.6 is 0 Å². The van der Waals surface area contributed by atoms with E-state index in [1.807, 2.05) is 6.08 Å². The normalized spacial score (nSPS) is 28.4. The van der Waals surface area contributed by atoms with Crippen molar-refractivity contribution in [1.29, 1.82) is 0 Å². The maximum Gasteiger partial charge on any atom is 0.0699 e. The molecule has 0 aromatic carbocycles. The van der Waals surface area contributed by atoms with Crippen LogP contribution in [0.15, 0.2) is 90.2 Å². The maximum absolute atomic E-state index is 4.59. The molecule has 1 aliphatic carbocycles. The molecule has 1 heteroatoms. The molecule has 0 saturated heterocycles. The van der Waals surface area contributed by atoms with E-state index < -0.39 is 0 Å². The van der Waals surface area contributed by atoms with Crippen molar-refractivity contribution >= 4 is 5.71 Å². The first-order chi connectivity index (χ1) is 10.7. The van der Waals surface area contributed by atoms with E-state index >= 15 is 0 Å². The summed E-state index contributed by atoms with van der Waals surface area (Å²) in [6.07, 6.45) is 24.6. The van der Waals surface area contributed by atoms with Crippen LogP contribution < -0.4 is 0 Å². The van der Waals surface area contributed by atoms with E-state index in [0.29, 0.717) is 11.8 Å². The minimum Gasteiger partial charge on any atom is -0.249 e. The van der Waals surface area contributed by atoms with Crippen molar-refractivity contribution in [2.24, 2.45) is 16.8 Å². The predicted molar refractivity (Wildman–Crippen MR) is 97.9 cm³/mol. The molecule has 0 aromatic heterocycles. The molecule has 2 aliphatic rings. The molecular weight excluding hydrogens is 266 g/mol. The summed E-state index contributed by atoms with van der Waals surface area (Å²) in [6.45, 7) is 10.4. The molecule has 1 aliphatic heterocycles. The van der Waals surface area contributed by atoms with E-state index in [4.69, 9.17) is 0 Å². The first-order valence-corrected chi connectivity index (χ1v) is 8.00. The Morgan fingerprint density at radius 1 is 1.18 bits per heavy atom. The van der Waals surface area contributed by atoms with E-state index in [2.05, 4.69) is 79.8 Å². The van der Waals surface area contributed by atoms with Gasteiger partial charge in [0.05, 0.1) is 11.4 Å². The largest absolute Gasteiger partial charge is 0.249 e. The van der Waals surface area contributed by atoms with E-state index in [9.17, 15) is 0 Å². The molecule has 114 valence electrons. The van der Waals surface area contributed by atoms with Crippen LogP contribution in [0.1, 0.15) is 26.2 Å². The highest BCUT2D eigenvalue weighted by molar-refractivity contribution is 6.10. The Kier molecular flexibility index (Phi) is 6.14. The van der Waals surface area contributed by atoms with E-state index in [-0.39, 0.29) is 0 Å². The van der Waals surface area contributed by atoms with Crippen LogP contribution in [0.4, 0.5) is 0 Å². The molecule has 0 saturated carbocycles. The molecule has 1 nitrogen and oxygen atoms in total. The Hall–Kier alpha value is -2.15. The smallest absolute Gasteiger partial charge is 0.0699 e. The van der Waals surface area contributed by atoms with Crippen molar-refractivity contribution in [2.75, 3.05) is 0 Å². The lowest BCUT2D eigenvalue weighted by Crippen LogP contribution is -2.06. The highest BCUT2D eigenvalue weighted by Gasteiger charge is 2.10. The lowest BCUT2D eigenvalue weighted by atomic mass is 9.89. The lowest BCUT2D eigenvalue weighted by molar-refractivity contribution is 0.605. The third-order valence-corrected chi connectivity index (χ3v) is 3.91. The van der Waals surface area contributed by atoms with Gasteiger partial charge in [-0.15, -0.1) is 0 Å². The summed E-state index contributed by atoms with van der Waals surface area (Å²) >= 11 is 0. The van der Waals surface area contributed by atoms with E-state index in [1.165, 1.54) is 0 Å². The van der Waals surface area contributed by atoms with Crippen LogP contribution in [0.5, 0.6) is 0 Å². The number of aliphatic imine (C=N–C) groups is 1. The van der Waals surface area contributed by atoms with Gasteiger partial charge in [-0.3, -0.25) is 0 Å². The summed E-state index contributed by atoms with van der Waals surface area (Å²) < 4.78 is 0. The predicted octanol–water partition coefficient (Wildman–Crippen LogP) is 5.73. The van der Waals surface area contributed by atoms with Crippen LogP contribution in [-0.4, -0.2) is 5.71 Å². The highest BCUT2D eigenvalue weighted by Crippen LogP contribution is 2.21. The van der Waals surface area contributed by atoms with E-state index in [1.54, 1.807) is 0 Å².